The smallest absolute Gasteiger partial charge is 0.194 e. The Kier molecular flexibility index (Phi) is 3.71. The van der Waals surface area contributed by atoms with Crippen molar-refractivity contribution in [3.63, 3.8) is 0 Å². The van der Waals surface area contributed by atoms with E-state index in [1.165, 1.54) is 11.3 Å². The van der Waals surface area contributed by atoms with Gasteiger partial charge in [0.1, 0.15) is 6.61 Å². The van der Waals surface area contributed by atoms with Crippen LogP contribution in [0, 0.1) is 6.92 Å². The molecule has 4 rings (SSSR count). The molecule has 6 heteroatoms. The SMILES string of the molecule is COc1cccc2c1OCC(NCc1c(C)nc3sccn13)C2. The maximum absolute atomic E-state index is 5.92. The molecule has 0 aliphatic carbocycles. The largest absolute Gasteiger partial charge is 0.493 e. The predicted molar refractivity (Wildman–Crippen MR) is 90.6 cm³/mol. The van der Waals surface area contributed by atoms with Crippen molar-refractivity contribution < 1.29 is 9.47 Å². The van der Waals surface area contributed by atoms with Gasteiger partial charge < -0.3 is 14.8 Å². The van der Waals surface area contributed by atoms with E-state index >= 15 is 0 Å². The Hall–Kier alpha value is -2.05. The molecule has 0 fully saturated rings. The van der Waals surface area contributed by atoms with Crippen molar-refractivity contribution in [3.8, 4) is 11.5 Å². The highest BCUT2D eigenvalue weighted by Gasteiger charge is 2.22. The molecule has 120 valence electrons. The van der Waals surface area contributed by atoms with Gasteiger partial charge in [0.15, 0.2) is 16.5 Å². The topological polar surface area (TPSA) is 47.8 Å². The molecule has 1 aliphatic rings. The van der Waals surface area contributed by atoms with Crippen LogP contribution in [0.25, 0.3) is 4.96 Å². The first-order valence-corrected chi connectivity index (χ1v) is 8.57. The number of nitrogens with zero attached hydrogens (tertiary/aromatic N) is 2. The molecule has 0 radical (unpaired) electrons. The van der Waals surface area contributed by atoms with E-state index in [1.807, 2.05) is 12.1 Å². The Morgan fingerprint density at radius 1 is 1.48 bits per heavy atom. The summed E-state index contributed by atoms with van der Waals surface area (Å²) in [5.74, 6) is 1.70. The molecule has 1 aromatic carbocycles. The van der Waals surface area contributed by atoms with Crippen molar-refractivity contribution in [3.05, 3.63) is 46.7 Å². The van der Waals surface area contributed by atoms with Crippen molar-refractivity contribution in [2.24, 2.45) is 0 Å². The van der Waals surface area contributed by atoms with Crippen molar-refractivity contribution in [1.29, 1.82) is 0 Å². The molecule has 1 unspecified atom stereocenters. The fourth-order valence-electron chi connectivity index (χ4n) is 3.08. The van der Waals surface area contributed by atoms with Crippen LogP contribution in [-0.2, 0) is 13.0 Å². The summed E-state index contributed by atoms with van der Waals surface area (Å²) in [4.78, 5) is 5.64. The third-order valence-electron chi connectivity index (χ3n) is 4.29. The molecular weight excluding hydrogens is 310 g/mol. The summed E-state index contributed by atoms with van der Waals surface area (Å²) < 4.78 is 13.4. The number of fused-ring (bicyclic) bond motifs is 2. The predicted octanol–water partition coefficient (Wildman–Crippen LogP) is 2.81. The number of ether oxygens (including phenoxy) is 2. The standard InChI is InChI=1S/C17H19N3O2S/c1-11-14(20-6-7-23-17(20)19-11)9-18-13-8-12-4-3-5-15(21-2)16(12)22-10-13/h3-7,13,18H,8-10H2,1-2H3. The van der Waals surface area contributed by atoms with Gasteiger partial charge in [-0.3, -0.25) is 4.40 Å². The molecular formula is C17H19N3O2S. The first-order valence-electron chi connectivity index (χ1n) is 7.69. The zero-order valence-electron chi connectivity index (χ0n) is 13.2. The van der Waals surface area contributed by atoms with E-state index in [1.54, 1.807) is 18.4 Å². The summed E-state index contributed by atoms with van der Waals surface area (Å²) >= 11 is 1.66. The van der Waals surface area contributed by atoms with Gasteiger partial charge >= 0.3 is 0 Å². The van der Waals surface area contributed by atoms with Gasteiger partial charge in [-0.1, -0.05) is 12.1 Å². The summed E-state index contributed by atoms with van der Waals surface area (Å²) in [7, 11) is 1.68. The average Bonchev–Trinajstić information content (AvgIpc) is 3.13. The Labute approximate surface area is 138 Å². The fourth-order valence-corrected chi connectivity index (χ4v) is 3.86. The number of methoxy groups -OCH3 is 1. The van der Waals surface area contributed by atoms with E-state index in [2.05, 4.69) is 39.3 Å². The van der Waals surface area contributed by atoms with E-state index in [0.717, 1.165) is 35.1 Å². The Balaban J connectivity index is 1.48. The van der Waals surface area contributed by atoms with Crippen molar-refractivity contribution in [2.75, 3.05) is 13.7 Å². The maximum atomic E-state index is 5.92. The highest BCUT2D eigenvalue weighted by molar-refractivity contribution is 7.15. The van der Waals surface area contributed by atoms with Crippen LogP contribution in [0.15, 0.2) is 29.8 Å². The van der Waals surface area contributed by atoms with E-state index in [9.17, 15) is 0 Å². The third kappa shape index (κ3) is 2.58. The van der Waals surface area contributed by atoms with Gasteiger partial charge in [-0.25, -0.2) is 4.98 Å². The van der Waals surface area contributed by atoms with Crippen LogP contribution in [0.1, 0.15) is 17.0 Å². The number of thiazole rings is 1. The number of benzene rings is 1. The second-order valence-electron chi connectivity index (χ2n) is 5.74. The summed E-state index contributed by atoms with van der Waals surface area (Å²) in [6, 6.07) is 6.35. The number of imidazole rings is 1. The molecule has 0 saturated heterocycles. The van der Waals surface area contributed by atoms with Crippen LogP contribution in [0.2, 0.25) is 0 Å². The molecule has 0 saturated carbocycles. The second-order valence-corrected chi connectivity index (χ2v) is 6.61. The lowest BCUT2D eigenvalue weighted by Crippen LogP contribution is -2.39. The Bertz CT molecular complexity index is 840. The molecule has 3 heterocycles. The van der Waals surface area contributed by atoms with Gasteiger partial charge in [0.05, 0.1) is 18.5 Å². The number of nitrogens with one attached hydrogen (secondary N) is 1. The van der Waals surface area contributed by atoms with E-state index in [4.69, 9.17) is 9.47 Å². The fraction of sp³-hybridized carbons (Fsp3) is 0.353. The number of hydrogen-bond donors (Lipinski definition) is 1. The zero-order chi connectivity index (χ0) is 15.8. The minimum atomic E-state index is 0.290. The van der Waals surface area contributed by atoms with Gasteiger partial charge in [0.2, 0.25) is 0 Å². The van der Waals surface area contributed by atoms with Crippen molar-refractivity contribution in [1.82, 2.24) is 14.7 Å². The highest BCUT2D eigenvalue weighted by atomic mass is 32.1. The van der Waals surface area contributed by atoms with Gasteiger partial charge in [-0.2, -0.15) is 0 Å². The minimum Gasteiger partial charge on any atom is -0.493 e. The maximum Gasteiger partial charge on any atom is 0.194 e. The number of para-hydroxylation sites is 1. The lowest BCUT2D eigenvalue weighted by molar-refractivity contribution is 0.226. The molecule has 5 nitrogen and oxygen atoms in total. The molecule has 2 aromatic heterocycles. The summed E-state index contributed by atoms with van der Waals surface area (Å²) in [6.07, 6.45) is 3.02. The first-order chi connectivity index (χ1) is 11.3. The molecule has 1 atom stereocenters. The van der Waals surface area contributed by atoms with Gasteiger partial charge in [-0.05, 0) is 25.0 Å². The molecule has 1 N–H and O–H groups in total. The van der Waals surface area contributed by atoms with Crippen LogP contribution < -0.4 is 14.8 Å². The Morgan fingerprint density at radius 3 is 3.26 bits per heavy atom. The third-order valence-corrected chi connectivity index (χ3v) is 5.05. The Morgan fingerprint density at radius 2 is 2.39 bits per heavy atom. The molecule has 0 spiro atoms. The highest BCUT2D eigenvalue weighted by Crippen LogP contribution is 2.34. The summed E-state index contributed by atoms with van der Waals surface area (Å²) in [5, 5.41) is 5.67. The lowest BCUT2D eigenvalue weighted by Gasteiger charge is -2.27. The second kappa shape index (κ2) is 5.86. The number of rotatable bonds is 4. The molecule has 23 heavy (non-hydrogen) atoms. The molecule has 3 aromatic rings. The molecule has 0 bridgehead atoms. The minimum absolute atomic E-state index is 0.290. The van der Waals surface area contributed by atoms with Crippen LogP contribution in [0.5, 0.6) is 11.5 Å². The van der Waals surface area contributed by atoms with Crippen LogP contribution in [0.4, 0.5) is 0 Å². The van der Waals surface area contributed by atoms with Gasteiger partial charge in [-0.15, -0.1) is 11.3 Å². The zero-order valence-corrected chi connectivity index (χ0v) is 14.0. The van der Waals surface area contributed by atoms with E-state index < -0.39 is 0 Å². The summed E-state index contributed by atoms with van der Waals surface area (Å²) in [6.45, 7) is 3.50. The lowest BCUT2D eigenvalue weighted by atomic mass is 10.0. The monoisotopic (exact) mass is 329 g/mol. The summed E-state index contributed by atoms with van der Waals surface area (Å²) in [5.41, 5.74) is 3.50. The van der Waals surface area contributed by atoms with Crippen molar-refractivity contribution in [2.45, 2.75) is 25.9 Å². The van der Waals surface area contributed by atoms with Crippen LogP contribution in [0.3, 0.4) is 0 Å². The first kappa shape index (κ1) is 14.5. The van der Waals surface area contributed by atoms with Crippen LogP contribution >= 0.6 is 11.3 Å². The average molecular weight is 329 g/mol. The number of aromatic nitrogens is 2. The van der Waals surface area contributed by atoms with Crippen LogP contribution in [-0.4, -0.2) is 29.1 Å². The normalized spacial score (nSPS) is 17.0. The van der Waals surface area contributed by atoms with E-state index in [0.29, 0.717) is 6.61 Å². The number of hydrogen-bond acceptors (Lipinski definition) is 5. The van der Waals surface area contributed by atoms with Gasteiger partial charge in [0, 0.05) is 24.2 Å². The molecule has 1 aliphatic heterocycles. The quantitative estimate of drug-likeness (QED) is 0.799. The van der Waals surface area contributed by atoms with Crippen molar-refractivity contribution >= 4 is 16.3 Å². The van der Waals surface area contributed by atoms with E-state index in [-0.39, 0.29) is 6.04 Å². The van der Waals surface area contributed by atoms with Gasteiger partial charge in [0.25, 0.3) is 0 Å². The molecule has 0 amide bonds. The number of aryl methyl sites for hydroxylation is 1.